The lowest BCUT2D eigenvalue weighted by Crippen LogP contribution is -2.12. The summed E-state index contributed by atoms with van der Waals surface area (Å²) >= 11 is 0. The number of hydrogen-bond donors (Lipinski definition) is 1. The molecule has 0 heterocycles. The first-order valence-corrected chi connectivity index (χ1v) is 7.26. The number of primary sulfonamides is 1. The van der Waals surface area contributed by atoms with E-state index in [-0.39, 0.29) is 21.7 Å². The van der Waals surface area contributed by atoms with E-state index in [1.54, 1.807) is 0 Å². The monoisotopic (exact) mass is 306 g/mol. The molecule has 8 heteroatoms. The maximum absolute atomic E-state index is 12.2. The number of nitro groups is 1. The van der Waals surface area contributed by atoms with Gasteiger partial charge in [-0.2, -0.15) is 0 Å². The summed E-state index contributed by atoms with van der Waals surface area (Å²) in [5.74, 6) is -0.445. The van der Waals surface area contributed by atoms with Gasteiger partial charge in [0.15, 0.2) is 5.78 Å². The summed E-state index contributed by atoms with van der Waals surface area (Å²) in [6, 6.07) is 10.3. The van der Waals surface area contributed by atoms with Crippen molar-refractivity contribution >= 4 is 21.5 Å². The van der Waals surface area contributed by atoms with Crippen molar-refractivity contribution < 1.29 is 18.1 Å². The predicted molar refractivity (Wildman–Crippen MR) is 74.3 cm³/mol. The SMILES string of the molecule is NS(=O)(=O)c1ccc(C(=O)c2cccc([N+](=O)[O-])c2)cc1. The highest BCUT2D eigenvalue weighted by atomic mass is 32.2. The first kappa shape index (κ1) is 14.8. The van der Waals surface area contributed by atoms with E-state index >= 15 is 0 Å². The molecular weight excluding hydrogens is 296 g/mol. The summed E-state index contributed by atoms with van der Waals surface area (Å²) in [6.07, 6.45) is 0. The van der Waals surface area contributed by atoms with Crippen LogP contribution in [0.15, 0.2) is 53.4 Å². The number of ketones is 1. The quantitative estimate of drug-likeness (QED) is 0.521. The Balaban J connectivity index is 2.36. The highest BCUT2D eigenvalue weighted by Crippen LogP contribution is 2.17. The van der Waals surface area contributed by atoms with Crippen LogP contribution in [0.3, 0.4) is 0 Å². The predicted octanol–water partition coefficient (Wildman–Crippen LogP) is 1.47. The minimum absolute atomic E-state index is 0.113. The molecule has 0 aliphatic carbocycles. The van der Waals surface area contributed by atoms with Gasteiger partial charge in [-0.05, 0) is 24.3 Å². The summed E-state index contributed by atoms with van der Waals surface area (Å²) in [5.41, 5.74) is 0.164. The van der Waals surface area contributed by atoms with Crippen molar-refractivity contribution in [2.75, 3.05) is 0 Å². The summed E-state index contributed by atoms with van der Waals surface area (Å²) in [7, 11) is -3.83. The Labute approximate surface area is 120 Å². The fraction of sp³-hybridized carbons (Fsp3) is 0. The molecule has 2 rings (SSSR count). The second-order valence-electron chi connectivity index (χ2n) is 4.21. The maximum Gasteiger partial charge on any atom is 0.270 e. The van der Waals surface area contributed by atoms with Crippen molar-refractivity contribution in [3.63, 3.8) is 0 Å². The van der Waals surface area contributed by atoms with Crippen LogP contribution in [0.2, 0.25) is 0 Å². The second-order valence-corrected chi connectivity index (χ2v) is 5.77. The number of carbonyl (C=O) groups is 1. The third-order valence-corrected chi connectivity index (χ3v) is 3.69. The van der Waals surface area contributed by atoms with Crippen molar-refractivity contribution in [3.8, 4) is 0 Å². The number of non-ortho nitro benzene ring substituents is 1. The number of nitrogens with zero attached hydrogens (tertiary/aromatic N) is 1. The minimum atomic E-state index is -3.83. The zero-order valence-corrected chi connectivity index (χ0v) is 11.4. The smallest absolute Gasteiger partial charge is 0.270 e. The number of benzene rings is 2. The van der Waals surface area contributed by atoms with E-state index in [1.807, 2.05) is 0 Å². The van der Waals surface area contributed by atoms with Gasteiger partial charge in [0.05, 0.1) is 9.82 Å². The maximum atomic E-state index is 12.2. The summed E-state index contributed by atoms with van der Waals surface area (Å²) in [6.45, 7) is 0. The molecule has 0 spiro atoms. The van der Waals surface area contributed by atoms with Crippen LogP contribution in [-0.2, 0) is 10.0 Å². The van der Waals surface area contributed by atoms with E-state index in [1.165, 1.54) is 42.5 Å². The minimum Gasteiger partial charge on any atom is -0.289 e. The molecule has 0 unspecified atom stereocenters. The Morgan fingerprint density at radius 3 is 2.19 bits per heavy atom. The molecule has 0 radical (unpaired) electrons. The average Bonchev–Trinajstić information content (AvgIpc) is 2.46. The van der Waals surface area contributed by atoms with E-state index < -0.39 is 20.7 Å². The van der Waals surface area contributed by atoms with Crippen LogP contribution in [0.4, 0.5) is 5.69 Å². The first-order chi connectivity index (χ1) is 9.79. The lowest BCUT2D eigenvalue weighted by Gasteiger charge is -2.03. The molecule has 0 amide bonds. The van der Waals surface area contributed by atoms with Crippen molar-refractivity contribution in [2.45, 2.75) is 4.90 Å². The summed E-state index contributed by atoms with van der Waals surface area (Å²) < 4.78 is 22.2. The van der Waals surface area contributed by atoms with Gasteiger partial charge in [0.1, 0.15) is 0 Å². The molecule has 108 valence electrons. The number of hydrogen-bond acceptors (Lipinski definition) is 5. The van der Waals surface area contributed by atoms with Gasteiger partial charge in [-0.3, -0.25) is 14.9 Å². The standard InChI is InChI=1S/C13H10N2O5S/c14-21(19,20)12-6-4-9(5-7-12)13(16)10-2-1-3-11(8-10)15(17)18/h1-8H,(H2,14,19,20). The molecule has 2 aromatic rings. The molecular formula is C13H10N2O5S. The Hall–Kier alpha value is -2.58. The number of nitro benzene ring substituents is 1. The first-order valence-electron chi connectivity index (χ1n) is 5.71. The van der Waals surface area contributed by atoms with Crippen LogP contribution >= 0.6 is 0 Å². The van der Waals surface area contributed by atoms with Crippen LogP contribution in [-0.4, -0.2) is 19.1 Å². The van der Waals surface area contributed by atoms with Gasteiger partial charge in [0.25, 0.3) is 5.69 Å². The van der Waals surface area contributed by atoms with Gasteiger partial charge in [-0.25, -0.2) is 13.6 Å². The second kappa shape index (κ2) is 5.43. The van der Waals surface area contributed by atoms with Crippen molar-refractivity contribution in [2.24, 2.45) is 5.14 Å². The Morgan fingerprint density at radius 2 is 1.67 bits per heavy atom. The van der Waals surface area contributed by atoms with E-state index in [9.17, 15) is 23.3 Å². The topological polar surface area (TPSA) is 120 Å². The Bertz CT molecular complexity index is 813. The van der Waals surface area contributed by atoms with Crippen LogP contribution < -0.4 is 5.14 Å². The third kappa shape index (κ3) is 3.30. The van der Waals surface area contributed by atoms with E-state index in [0.717, 1.165) is 6.07 Å². The summed E-state index contributed by atoms with van der Waals surface area (Å²) in [5, 5.41) is 15.6. The Morgan fingerprint density at radius 1 is 1.05 bits per heavy atom. The molecule has 0 aliphatic rings. The van der Waals surface area contributed by atoms with Crippen LogP contribution in [0.5, 0.6) is 0 Å². The number of rotatable bonds is 4. The van der Waals surface area contributed by atoms with Gasteiger partial charge in [0, 0.05) is 23.3 Å². The molecule has 0 bridgehead atoms. The molecule has 2 aromatic carbocycles. The van der Waals surface area contributed by atoms with Crippen molar-refractivity contribution in [1.82, 2.24) is 0 Å². The number of sulfonamides is 1. The van der Waals surface area contributed by atoms with Gasteiger partial charge < -0.3 is 0 Å². The molecule has 0 atom stereocenters. The fourth-order valence-electron chi connectivity index (χ4n) is 1.72. The normalized spacial score (nSPS) is 11.1. The molecule has 0 fully saturated rings. The van der Waals surface area contributed by atoms with E-state index in [0.29, 0.717) is 0 Å². The number of carbonyl (C=O) groups excluding carboxylic acids is 1. The lowest BCUT2D eigenvalue weighted by atomic mass is 10.0. The van der Waals surface area contributed by atoms with Gasteiger partial charge >= 0.3 is 0 Å². The largest absolute Gasteiger partial charge is 0.289 e. The Kier molecular flexibility index (Phi) is 3.83. The fourth-order valence-corrected chi connectivity index (χ4v) is 2.24. The van der Waals surface area contributed by atoms with Crippen molar-refractivity contribution in [1.29, 1.82) is 0 Å². The summed E-state index contributed by atoms with van der Waals surface area (Å²) in [4.78, 5) is 22.2. The van der Waals surface area contributed by atoms with Gasteiger partial charge in [-0.1, -0.05) is 12.1 Å². The zero-order valence-electron chi connectivity index (χ0n) is 10.6. The highest BCUT2D eigenvalue weighted by molar-refractivity contribution is 7.89. The van der Waals surface area contributed by atoms with Crippen LogP contribution in [0.1, 0.15) is 15.9 Å². The van der Waals surface area contributed by atoms with E-state index in [4.69, 9.17) is 5.14 Å². The number of nitrogens with two attached hydrogens (primary N) is 1. The van der Waals surface area contributed by atoms with E-state index in [2.05, 4.69) is 0 Å². The molecule has 7 nitrogen and oxygen atoms in total. The van der Waals surface area contributed by atoms with Gasteiger partial charge in [0.2, 0.25) is 10.0 Å². The van der Waals surface area contributed by atoms with Crippen LogP contribution in [0, 0.1) is 10.1 Å². The van der Waals surface area contributed by atoms with Gasteiger partial charge in [-0.15, -0.1) is 0 Å². The molecule has 0 saturated heterocycles. The molecule has 21 heavy (non-hydrogen) atoms. The molecule has 0 saturated carbocycles. The average molecular weight is 306 g/mol. The zero-order chi connectivity index (χ0) is 15.6. The molecule has 0 aliphatic heterocycles. The molecule has 2 N–H and O–H groups in total. The van der Waals surface area contributed by atoms with Crippen LogP contribution in [0.25, 0.3) is 0 Å². The highest BCUT2D eigenvalue weighted by Gasteiger charge is 2.14. The third-order valence-electron chi connectivity index (χ3n) is 2.76. The lowest BCUT2D eigenvalue weighted by molar-refractivity contribution is -0.384. The van der Waals surface area contributed by atoms with Crippen molar-refractivity contribution in [3.05, 3.63) is 69.8 Å². The molecule has 0 aromatic heterocycles.